The Kier molecular flexibility index (Phi) is 8.16. The van der Waals surface area contributed by atoms with Crippen molar-refractivity contribution in [2.24, 2.45) is 0 Å². The van der Waals surface area contributed by atoms with Gasteiger partial charge in [0, 0.05) is 25.8 Å². The van der Waals surface area contributed by atoms with Crippen molar-refractivity contribution in [1.82, 2.24) is 14.3 Å². The normalized spacial score (nSPS) is 20.6. The van der Waals surface area contributed by atoms with E-state index in [1.165, 1.54) is 16.2 Å². The fourth-order valence-corrected chi connectivity index (χ4v) is 6.36. The van der Waals surface area contributed by atoms with Gasteiger partial charge in [-0.3, -0.25) is 18.9 Å². The molecular weight excluding hydrogens is 548 g/mol. The van der Waals surface area contributed by atoms with Gasteiger partial charge in [-0.1, -0.05) is 36.1 Å². The van der Waals surface area contributed by atoms with Gasteiger partial charge in [0.25, 0.3) is 11.5 Å². The number of nitrogens with zero attached hydrogens (tertiary/aromatic N) is 4. The van der Waals surface area contributed by atoms with Gasteiger partial charge < -0.3 is 19.1 Å². The minimum atomic E-state index is -0.230. The molecule has 5 rings (SSSR count). The van der Waals surface area contributed by atoms with Crippen molar-refractivity contribution < 1.29 is 19.0 Å². The van der Waals surface area contributed by atoms with E-state index < -0.39 is 0 Å². The molecule has 2 aromatic heterocycles. The largest absolute Gasteiger partial charge is 0.493 e. The molecule has 4 heterocycles. The van der Waals surface area contributed by atoms with Gasteiger partial charge in [0.2, 0.25) is 0 Å². The van der Waals surface area contributed by atoms with Gasteiger partial charge in [-0.2, -0.15) is 0 Å². The number of fused-ring (bicyclic) bond motifs is 1. The van der Waals surface area contributed by atoms with E-state index in [0.717, 1.165) is 11.1 Å². The molecule has 0 N–H and O–H groups in total. The van der Waals surface area contributed by atoms with Crippen LogP contribution in [0.3, 0.4) is 0 Å². The first-order valence-electron chi connectivity index (χ1n) is 13.1. The molecule has 2 fully saturated rings. The van der Waals surface area contributed by atoms with Crippen LogP contribution in [0.4, 0.5) is 5.82 Å². The van der Waals surface area contributed by atoms with Gasteiger partial charge in [0.05, 0.1) is 36.9 Å². The monoisotopic (exact) mass is 580 g/mol. The van der Waals surface area contributed by atoms with E-state index in [1.54, 1.807) is 31.4 Å². The summed E-state index contributed by atoms with van der Waals surface area (Å²) in [6.07, 6.45) is 3.95. The number of methoxy groups -OCH3 is 2. The second-order valence-corrected chi connectivity index (χ2v) is 11.7. The highest BCUT2D eigenvalue weighted by Crippen LogP contribution is 2.34. The summed E-state index contributed by atoms with van der Waals surface area (Å²) in [5.41, 5.74) is 2.61. The molecular formula is C29H32N4O5S2. The van der Waals surface area contributed by atoms with Crippen molar-refractivity contribution in [3.8, 4) is 11.5 Å². The van der Waals surface area contributed by atoms with Crippen molar-refractivity contribution in [1.29, 1.82) is 0 Å². The molecule has 2 unspecified atom stereocenters. The van der Waals surface area contributed by atoms with Crippen LogP contribution in [0.25, 0.3) is 11.7 Å². The smallest absolute Gasteiger partial charge is 0.267 e. The third-order valence-corrected chi connectivity index (χ3v) is 8.30. The van der Waals surface area contributed by atoms with E-state index in [9.17, 15) is 9.59 Å². The summed E-state index contributed by atoms with van der Waals surface area (Å²) in [7, 11) is 3.18. The van der Waals surface area contributed by atoms with Gasteiger partial charge in [-0.25, -0.2) is 4.98 Å². The maximum atomic E-state index is 13.8. The number of aryl methyl sites for hydroxylation is 1. The topological polar surface area (TPSA) is 85.6 Å². The van der Waals surface area contributed by atoms with Crippen LogP contribution in [-0.4, -0.2) is 70.6 Å². The number of carbonyl (C=O) groups is 1. The summed E-state index contributed by atoms with van der Waals surface area (Å²) >= 11 is 6.79. The second kappa shape index (κ2) is 11.6. The van der Waals surface area contributed by atoms with Crippen LogP contribution in [-0.2, 0) is 16.0 Å². The van der Waals surface area contributed by atoms with Crippen LogP contribution in [0.5, 0.6) is 11.5 Å². The van der Waals surface area contributed by atoms with E-state index in [4.69, 9.17) is 31.4 Å². The molecule has 9 nitrogen and oxygen atoms in total. The number of benzene rings is 1. The molecule has 11 heteroatoms. The number of rotatable bonds is 7. The van der Waals surface area contributed by atoms with E-state index in [2.05, 4.69) is 4.90 Å². The maximum Gasteiger partial charge on any atom is 0.267 e. The summed E-state index contributed by atoms with van der Waals surface area (Å²) in [6.45, 7) is 7.51. The van der Waals surface area contributed by atoms with Crippen LogP contribution in [0.15, 0.2) is 46.2 Å². The highest BCUT2D eigenvalue weighted by molar-refractivity contribution is 8.26. The lowest BCUT2D eigenvalue weighted by atomic mass is 10.1. The quantitative estimate of drug-likeness (QED) is 0.303. The van der Waals surface area contributed by atoms with Crippen molar-refractivity contribution in [2.45, 2.75) is 39.4 Å². The zero-order valence-corrected chi connectivity index (χ0v) is 24.8. The molecule has 2 aliphatic heterocycles. The first-order chi connectivity index (χ1) is 19.2. The average Bonchev–Trinajstić information content (AvgIpc) is 3.19. The molecule has 0 radical (unpaired) electrons. The molecule has 0 saturated carbocycles. The van der Waals surface area contributed by atoms with Gasteiger partial charge in [-0.05, 0) is 62.6 Å². The van der Waals surface area contributed by atoms with E-state index in [0.29, 0.717) is 63.8 Å². The maximum absolute atomic E-state index is 13.8. The number of morpholine rings is 1. The van der Waals surface area contributed by atoms with Gasteiger partial charge in [0.15, 0.2) is 11.5 Å². The Morgan fingerprint density at radius 1 is 1.10 bits per heavy atom. The van der Waals surface area contributed by atoms with Crippen LogP contribution in [0, 0.1) is 6.92 Å². The second-order valence-electron chi connectivity index (χ2n) is 10.0. The Balaban J connectivity index is 1.48. The summed E-state index contributed by atoms with van der Waals surface area (Å²) < 4.78 is 18.6. The minimum Gasteiger partial charge on any atom is -0.493 e. The molecule has 0 bridgehead atoms. The van der Waals surface area contributed by atoms with Crippen LogP contribution in [0.1, 0.15) is 30.5 Å². The minimum absolute atomic E-state index is 0.0235. The number of thiocarbonyl (C=S) groups is 1. The van der Waals surface area contributed by atoms with Crippen molar-refractivity contribution >= 4 is 51.7 Å². The number of pyridine rings is 1. The predicted octanol–water partition coefficient (Wildman–Crippen LogP) is 4.08. The lowest BCUT2D eigenvalue weighted by Crippen LogP contribution is -2.46. The number of hydrogen-bond acceptors (Lipinski definition) is 9. The van der Waals surface area contributed by atoms with Crippen LogP contribution >= 0.6 is 24.0 Å². The molecule has 2 saturated heterocycles. The molecule has 0 aliphatic carbocycles. The Morgan fingerprint density at radius 2 is 1.82 bits per heavy atom. The first-order valence-corrected chi connectivity index (χ1v) is 14.3. The molecule has 0 spiro atoms. The number of aromatic nitrogens is 2. The Labute approximate surface area is 242 Å². The Hall–Kier alpha value is -3.41. The SMILES string of the molecule is COc1ccc(CCN2C(=O)C(=Cc3c(N4CC(C)OC(C)C4)nc4ccc(C)cn4c3=O)SC2=S)cc1OC. The highest BCUT2D eigenvalue weighted by Gasteiger charge is 2.33. The van der Waals surface area contributed by atoms with E-state index in [-0.39, 0.29) is 23.7 Å². The number of carbonyl (C=O) groups excluding carboxylic acids is 1. The third kappa shape index (κ3) is 5.59. The fraction of sp³-hybridized carbons (Fsp3) is 0.379. The molecule has 1 aromatic carbocycles. The molecule has 210 valence electrons. The molecule has 2 atom stereocenters. The summed E-state index contributed by atoms with van der Waals surface area (Å²) in [5, 5.41) is 0. The zero-order chi connectivity index (χ0) is 28.6. The van der Waals surface area contributed by atoms with E-state index in [1.807, 2.05) is 51.1 Å². The molecule has 3 aromatic rings. The molecule has 40 heavy (non-hydrogen) atoms. The van der Waals surface area contributed by atoms with Gasteiger partial charge in [0.1, 0.15) is 15.8 Å². The number of amides is 1. The van der Waals surface area contributed by atoms with Crippen molar-refractivity contribution in [3.63, 3.8) is 0 Å². The highest BCUT2D eigenvalue weighted by atomic mass is 32.2. The predicted molar refractivity (Wildman–Crippen MR) is 162 cm³/mol. The number of anilines is 1. The Morgan fingerprint density at radius 3 is 2.52 bits per heavy atom. The van der Waals surface area contributed by atoms with Gasteiger partial charge >= 0.3 is 0 Å². The summed E-state index contributed by atoms with van der Waals surface area (Å²) in [4.78, 5) is 36.3. The lowest BCUT2D eigenvalue weighted by molar-refractivity contribution is -0.122. The van der Waals surface area contributed by atoms with Crippen LogP contribution in [0.2, 0.25) is 0 Å². The van der Waals surface area contributed by atoms with Crippen molar-refractivity contribution in [3.05, 3.63) is 68.5 Å². The Bertz CT molecular complexity index is 1560. The third-order valence-electron chi connectivity index (χ3n) is 6.93. The summed E-state index contributed by atoms with van der Waals surface area (Å²) in [6, 6.07) is 9.45. The average molecular weight is 581 g/mol. The first kappa shape index (κ1) is 28.1. The van der Waals surface area contributed by atoms with Crippen molar-refractivity contribution in [2.75, 3.05) is 38.8 Å². The fourth-order valence-electron chi connectivity index (χ4n) is 5.07. The number of ether oxygens (including phenoxy) is 3. The standard InChI is InChI=1S/C29H32N4O5S2/c1-17-6-9-25-30-26(31-15-18(2)38-19(3)16-31)21(27(34)33(25)14-17)13-24-28(35)32(29(39)40-24)11-10-20-7-8-22(36-4)23(12-20)37-5/h6-9,12-14,18-19H,10-11,15-16H2,1-5H3. The lowest BCUT2D eigenvalue weighted by Gasteiger charge is -2.36. The molecule has 1 amide bonds. The summed E-state index contributed by atoms with van der Waals surface area (Å²) in [5.74, 6) is 1.60. The van der Waals surface area contributed by atoms with E-state index >= 15 is 0 Å². The number of hydrogen-bond donors (Lipinski definition) is 0. The van der Waals surface area contributed by atoms with Crippen LogP contribution < -0.4 is 19.9 Å². The zero-order valence-electron chi connectivity index (χ0n) is 23.2. The molecule has 2 aliphatic rings. The van der Waals surface area contributed by atoms with Gasteiger partial charge in [-0.15, -0.1) is 0 Å². The number of thioether (sulfide) groups is 1.